The summed E-state index contributed by atoms with van der Waals surface area (Å²) in [6.45, 7) is 11.7. The molecule has 202 valence electrons. The molecule has 0 fully saturated rings. The third kappa shape index (κ3) is 4.50. The second-order valence-electron chi connectivity index (χ2n) is 10.7. The maximum atomic E-state index is 9.62. The Morgan fingerprint density at radius 1 is 0.605 bits per heavy atom. The van der Waals surface area contributed by atoms with Crippen LogP contribution >= 0.6 is 0 Å². The van der Waals surface area contributed by atoms with Crippen molar-refractivity contribution >= 4 is 55.5 Å². The molecule has 1 heterocycles. The van der Waals surface area contributed by atoms with Gasteiger partial charge in [-0.05, 0) is 84.3 Å². The molecule has 1 aromatic heterocycles. The summed E-state index contributed by atoms with van der Waals surface area (Å²) in [5.41, 5.74) is 9.21. The average Bonchev–Trinajstić information content (AvgIpc) is 3.06. The number of nitriles is 1. The lowest BCUT2D eigenvalue weighted by molar-refractivity contribution is 1.27. The Kier molecular flexibility index (Phi) is 6.27. The number of aromatic nitrogens is 2. The predicted molar refractivity (Wildman–Crippen MR) is 175 cm³/mol. The highest BCUT2D eigenvalue weighted by Crippen LogP contribution is 2.39. The largest absolute Gasteiger partial charge is 0.358 e. The molecule has 0 saturated heterocycles. The third-order valence-corrected chi connectivity index (χ3v) is 7.88. The van der Waals surface area contributed by atoms with Gasteiger partial charge in [0.25, 0.3) is 0 Å². The topological polar surface area (TPSA) is 57.2 Å². The SMILES string of the molecule is [C-]#[N+]c1nc2c3ccccc3c3cc(-c4ccc(N(c5ccc(C)cc5)c5ccc(C)cc5)cc4)ccc3c2nc1C#N. The smallest absolute Gasteiger partial charge is 0.307 e. The second kappa shape index (κ2) is 10.4. The van der Waals surface area contributed by atoms with Crippen LogP contribution in [-0.2, 0) is 0 Å². The van der Waals surface area contributed by atoms with Gasteiger partial charge >= 0.3 is 5.82 Å². The van der Waals surface area contributed by atoms with Crippen LogP contribution in [-0.4, -0.2) is 9.97 Å². The van der Waals surface area contributed by atoms with Crippen LogP contribution in [0.3, 0.4) is 0 Å². The fourth-order valence-corrected chi connectivity index (χ4v) is 5.67. The lowest BCUT2D eigenvalue weighted by atomic mass is 9.95. The van der Waals surface area contributed by atoms with E-state index in [-0.39, 0.29) is 11.5 Å². The summed E-state index contributed by atoms with van der Waals surface area (Å²) in [6, 6.07) is 42.2. The Morgan fingerprint density at radius 3 is 1.70 bits per heavy atom. The molecule has 7 rings (SSSR count). The van der Waals surface area contributed by atoms with Crippen molar-refractivity contribution in [1.82, 2.24) is 9.97 Å². The zero-order valence-electron chi connectivity index (χ0n) is 23.7. The van der Waals surface area contributed by atoms with E-state index in [4.69, 9.17) is 6.57 Å². The van der Waals surface area contributed by atoms with Crippen LogP contribution in [0.25, 0.3) is 48.6 Å². The number of hydrogen-bond donors (Lipinski definition) is 0. The van der Waals surface area contributed by atoms with Gasteiger partial charge in [0, 0.05) is 27.8 Å². The molecule has 0 aliphatic rings. The van der Waals surface area contributed by atoms with Crippen LogP contribution < -0.4 is 4.90 Å². The minimum atomic E-state index is 0.0292. The molecule has 0 unspecified atom stereocenters. The Bertz CT molecular complexity index is 2210. The molecule has 0 aliphatic carbocycles. The Balaban J connectivity index is 1.36. The lowest BCUT2D eigenvalue weighted by Crippen LogP contribution is -2.09. The number of hydrogen-bond acceptors (Lipinski definition) is 4. The molecule has 0 aliphatic heterocycles. The maximum absolute atomic E-state index is 9.62. The van der Waals surface area contributed by atoms with Crippen molar-refractivity contribution in [2.24, 2.45) is 0 Å². The van der Waals surface area contributed by atoms with Gasteiger partial charge in [0.1, 0.15) is 11.6 Å². The number of rotatable bonds is 4. The van der Waals surface area contributed by atoms with Gasteiger partial charge in [-0.1, -0.05) is 84.4 Å². The highest BCUT2D eigenvalue weighted by atomic mass is 15.1. The molecule has 0 saturated carbocycles. The van der Waals surface area contributed by atoms with Crippen molar-refractivity contribution in [2.45, 2.75) is 13.8 Å². The quantitative estimate of drug-likeness (QED) is 0.161. The molecule has 0 spiro atoms. The van der Waals surface area contributed by atoms with Gasteiger partial charge in [0.05, 0.1) is 0 Å². The second-order valence-corrected chi connectivity index (χ2v) is 10.7. The summed E-state index contributed by atoms with van der Waals surface area (Å²) >= 11 is 0. The summed E-state index contributed by atoms with van der Waals surface area (Å²) < 4.78 is 0. The minimum absolute atomic E-state index is 0.0292. The average molecular weight is 552 g/mol. The standard InChI is InChI=1S/C38H25N5/c1-24-8-15-28(16-9-24)43(29-17-10-25(2)11-18-29)30-19-12-26(13-20-30)27-14-21-33-34(22-27)31-6-4-5-7-32(31)37-36(33)41-35(23-39)38(40-3)42-37/h4-22H,1-2H3. The molecule has 5 heteroatoms. The Labute approximate surface area is 249 Å². The van der Waals surface area contributed by atoms with Crippen LogP contribution in [0.5, 0.6) is 0 Å². The molecule has 43 heavy (non-hydrogen) atoms. The van der Waals surface area contributed by atoms with Crippen LogP contribution in [0.2, 0.25) is 0 Å². The minimum Gasteiger partial charge on any atom is -0.358 e. The van der Waals surface area contributed by atoms with Gasteiger partial charge in [-0.2, -0.15) is 5.26 Å². The highest BCUT2D eigenvalue weighted by molar-refractivity contribution is 6.23. The van der Waals surface area contributed by atoms with Gasteiger partial charge in [-0.15, -0.1) is 4.98 Å². The summed E-state index contributed by atoms with van der Waals surface area (Å²) in [5.74, 6) is 0.0292. The number of fused-ring (bicyclic) bond motifs is 6. The fourth-order valence-electron chi connectivity index (χ4n) is 5.67. The van der Waals surface area contributed by atoms with Crippen molar-refractivity contribution < 1.29 is 0 Å². The van der Waals surface area contributed by atoms with E-state index in [1.165, 1.54) is 11.1 Å². The molecular weight excluding hydrogens is 526 g/mol. The van der Waals surface area contributed by atoms with Crippen molar-refractivity contribution in [1.29, 1.82) is 5.26 Å². The van der Waals surface area contributed by atoms with E-state index in [0.717, 1.165) is 49.7 Å². The van der Waals surface area contributed by atoms with Crippen LogP contribution in [0, 0.1) is 31.8 Å². The molecule has 5 nitrogen and oxygen atoms in total. The van der Waals surface area contributed by atoms with E-state index in [9.17, 15) is 5.26 Å². The monoisotopic (exact) mass is 551 g/mol. The first kappa shape index (κ1) is 25.9. The van der Waals surface area contributed by atoms with Gasteiger partial charge in [-0.3, -0.25) is 0 Å². The summed E-state index contributed by atoms with van der Waals surface area (Å²) in [7, 11) is 0. The van der Waals surface area contributed by atoms with Crippen LogP contribution in [0.15, 0.2) is 115 Å². The van der Waals surface area contributed by atoms with Gasteiger partial charge < -0.3 is 9.74 Å². The lowest BCUT2D eigenvalue weighted by Gasteiger charge is -2.26. The molecule has 0 radical (unpaired) electrons. The fraction of sp³-hybridized carbons (Fsp3) is 0.0526. The highest BCUT2D eigenvalue weighted by Gasteiger charge is 2.18. The molecule has 0 bridgehead atoms. The molecule has 0 N–H and O–H groups in total. The number of benzene rings is 6. The summed E-state index contributed by atoms with van der Waals surface area (Å²) in [6.07, 6.45) is 0. The first-order chi connectivity index (χ1) is 21.0. The van der Waals surface area contributed by atoms with Crippen molar-refractivity contribution in [2.75, 3.05) is 4.90 Å². The first-order valence-electron chi connectivity index (χ1n) is 14.0. The van der Waals surface area contributed by atoms with E-state index in [2.05, 4.69) is 125 Å². The molecule has 0 atom stereocenters. The van der Waals surface area contributed by atoms with Crippen molar-refractivity contribution in [3.8, 4) is 17.2 Å². The number of nitrogens with zero attached hydrogens (tertiary/aromatic N) is 5. The predicted octanol–water partition coefficient (Wildman–Crippen LogP) is 10.1. The zero-order valence-corrected chi connectivity index (χ0v) is 23.7. The van der Waals surface area contributed by atoms with E-state index in [0.29, 0.717) is 11.0 Å². The maximum Gasteiger partial charge on any atom is 0.307 e. The van der Waals surface area contributed by atoms with E-state index >= 15 is 0 Å². The normalized spacial score (nSPS) is 11.0. The van der Waals surface area contributed by atoms with Crippen LogP contribution in [0.1, 0.15) is 16.8 Å². The van der Waals surface area contributed by atoms with Crippen LogP contribution in [0.4, 0.5) is 22.9 Å². The Hall–Kier alpha value is -6.04. The third-order valence-electron chi connectivity index (χ3n) is 7.88. The van der Waals surface area contributed by atoms with Crippen molar-refractivity contribution in [3.63, 3.8) is 0 Å². The first-order valence-corrected chi connectivity index (χ1v) is 14.0. The molecule has 6 aromatic carbocycles. The van der Waals surface area contributed by atoms with Gasteiger partial charge in [0.15, 0.2) is 11.2 Å². The van der Waals surface area contributed by atoms with Gasteiger partial charge in [-0.25, -0.2) is 4.98 Å². The van der Waals surface area contributed by atoms with E-state index in [1.807, 2.05) is 30.3 Å². The molecular formula is C38H25N5. The summed E-state index contributed by atoms with van der Waals surface area (Å²) in [5, 5.41) is 13.5. The molecule has 7 aromatic rings. The summed E-state index contributed by atoms with van der Waals surface area (Å²) in [4.78, 5) is 14.9. The Morgan fingerprint density at radius 2 is 1.12 bits per heavy atom. The van der Waals surface area contributed by atoms with Crippen molar-refractivity contribution in [3.05, 3.63) is 143 Å². The van der Waals surface area contributed by atoms with Gasteiger partial charge in [0.2, 0.25) is 0 Å². The van der Waals surface area contributed by atoms with E-state index in [1.54, 1.807) is 0 Å². The zero-order chi connectivity index (χ0) is 29.5. The number of anilines is 3. The molecule has 0 amide bonds. The number of aryl methyl sites for hydroxylation is 2. The van der Waals surface area contributed by atoms with E-state index < -0.39 is 0 Å².